The van der Waals surface area contributed by atoms with E-state index in [0.717, 1.165) is 35.9 Å². The van der Waals surface area contributed by atoms with Gasteiger partial charge in [-0.1, -0.05) is 0 Å². The van der Waals surface area contributed by atoms with Crippen LogP contribution in [0.25, 0.3) is 6.08 Å². The zero-order valence-corrected chi connectivity index (χ0v) is 16.0. The third-order valence-electron chi connectivity index (χ3n) is 4.31. The molecule has 5 nitrogen and oxygen atoms in total. The van der Waals surface area contributed by atoms with Gasteiger partial charge in [-0.25, -0.2) is 13.6 Å². The summed E-state index contributed by atoms with van der Waals surface area (Å²) < 4.78 is 42.4. The molecule has 0 saturated carbocycles. The Bertz CT molecular complexity index is 968. The van der Waals surface area contributed by atoms with Crippen LogP contribution in [0, 0.1) is 11.6 Å². The highest BCUT2D eigenvalue weighted by molar-refractivity contribution is 5.99. The van der Waals surface area contributed by atoms with Crippen molar-refractivity contribution in [3.05, 3.63) is 64.7 Å². The minimum Gasteiger partial charge on any atom is -0.493 e. The first-order valence-corrected chi connectivity index (χ1v) is 9.16. The lowest BCUT2D eigenvalue weighted by molar-refractivity contribution is -0.136. The number of hydrogen-bond donors (Lipinski definition) is 0. The molecule has 2 aromatic rings. The van der Waals surface area contributed by atoms with Crippen molar-refractivity contribution in [2.45, 2.75) is 26.4 Å². The van der Waals surface area contributed by atoms with Gasteiger partial charge >= 0.3 is 5.97 Å². The monoisotopic (exact) mass is 402 g/mol. The molecule has 0 N–H and O–H groups in total. The van der Waals surface area contributed by atoms with Gasteiger partial charge in [-0.2, -0.15) is 0 Å². The molecule has 0 spiro atoms. The van der Waals surface area contributed by atoms with Gasteiger partial charge in [-0.15, -0.1) is 0 Å². The summed E-state index contributed by atoms with van der Waals surface area (Å²) in [6.07, 6.45) is 3.54. The third-order valence-corrected chi connectivity index (χ3v) is 4.31. The molecule has 3 rings (SSSR count). The van der Waals surface area contributed by atoms with Crippen LogP contribution in [0.15, 0.2) is 36.4 Å². The molecule has 29 heavy (non-hydrogen) atoms. The molecule has 0 aromatic heterocycles. The van der Waals surface area contributed by atoms with Crippen molar-refractivity contribution in [1.82, 2.24) is 0 Å². The number of benzene rings is 2. The molecule has 152 valence electrons. The van der Waals surface area contributed by atoms with E-state index in [4.69, 9.17) is 14.2 Å². The number of Topliss-reactive ketones (excluding diaryl/α,β-unsaturated/α-hetero) is 1. The van der Waals surface area contributed by atoms with E-state index in [2.05, 4.69) is 0 Å². The van der Waals surface area contributed by atoms with E-state index in [9.17, 15) is 18.4 Å². The fourth-order valence-electron chi connectivity index (χ4n) is 2.96. The summed E-state index contributed by atoms with van der Waals surface area (Å²) in [5, 5.41) is 0. The van der Waals surface area contributed by atoms with E-state index in [0.29, 0.717) is 17.9 Å². The Balaban J connectivity index is 1.65. The summed E-state index contributed by atoms with van der Waals surface area (Å²) >= 11 is 0. The number of ether oxygens (including phenoxy) is 3. The Morgan fingerprint density at radius 2 is 2.00 bits per heavy atom. The largest absolute Gasteiger partial charge is 0.493 e. The van der Waals surface area contributed by atoms with E-state index in [1.165, 1.54) is 12.2 Å². The van der Waals surface area contributed by atoms with E-state index in [1.54, 1.807) is 6.07 Å². The van der Waals surface area contributed by atoms with E-state index < -0.39 is 30.0 Å². The molecular formula is C22H20F2O5. The van der Waals surface area contributed by atoms with E-state index in [1.807, 2.05) is 19.9 Å². The number of carbonyl (C=O) groups excluding carboxylic acids is 2. The topological polar surface area (TPSA) is 61.8 Å². The minimum absolute atomic E-state index is 0.0750. The molecule has 0 fully saturated rings. The highest BCUT2D eigenvalue weighted by atomic mass is 19.2. The number of fused-ring (bicyclic) bond motifs is 1. The predicted molar refractivity (Wildman–Crippen MR) is 102 cm³/mol. The lowest BCUT2D eigenvalue weighted by atomic mass is 10.1. The quantitative estimate of drug-likeness (QED) is 0.396. The van der Waals surface area contributed by atoms with Gasteiger partial charge in [-0.3, -0.25) is 4.79 Å². The molecule has 2 aromatic carbocycles. The smallest absolute Gasteiger partial charge is 0.331 e. The second kappa shape index (κ2) is 8.86. The molecule has 0 bridgehead atoms. The van der Waals surface area contributed by atoms with E-state index >= 15 is 0 Å². The van der Waals surface area contributed by atoms with Gasteiger partial charge in [0.1, 0.15) is 17.6 Å². The van der Waals surface area contributed by atoms with Crippen molar-refractivity contribution in [2.75, 3.05) is 13.2 Å². The maximum Gasteiger partial charge on any atom is 0.331 e. The highest BCUT2D eigenvalue weighted by Gasteiger charge is 2.21. The van der Waals surface area contributed by atoms with Crippen LogP contribution in [0.1, 0.15) is 35.3 Å². The number of ketones is 1. The first-order chi connectivity index (χ1) is 13.9. The maximum absolute atomic E-state index is 13.2. The second-order valence-corrected chi connectivity index (χ2v) is 6.56. The molecule has 1 atom stereocenters. The standard InChI is InChI=1S/C22H20F2O5/c1-3-27-20-11-16-8-13(2)29-21(16)10-15(20)5-7-22(26)28-12-19(25)14-4-6-17(23)18(24)9-14/h4-7,9-11,13H,3,8,12H2,1-2H3/b7-5+/t13-/m1/s1. The van der Waals surface area contributed by atoms with Crippen LogP contribution in [0.5, 0.6) is 11.5 Å². The number of rotatable bonds is 7. The average Bonchev–Trinajstić information content (AvgIpc) is 3.05. The fourth-order valence-corrected chi connectivity index (χ4v) is 2.96. The average molecular weight is 402 g/mol. The molecule has 0 saturated heterocycles. The van der Waals surface area contributed by atoms with Crippen LogP contribution < -0.4 is 9.47 Å². The van der Waals surface area contributed by atoms with Crippen LogP contribution in [0.3, 0.4) is 0 Å². The molecule has 0 unspecified atom stereocenters. The van der Waals surface area contributed by atoms with Gasteiger partial charge in [0.15, 0.2) is 24.0 Å². The number of carbonyl (C=O) groups is 2. The third kappa shape index (κ3) is 4.99. The molecule has 1 aliphatic rings. The lowest BCUT2D eigenvalue weighted by Crippen LogP contribution is -2.13. The van der Waals surface area contributed by atoms with Crippen molar-refractivity contribution >= 4 is 17.8 Å². The van der Waals surface area contributed by atoms with Gasteiger partial charge < -0.3 is 14.2 Å². The zero-order valence-electron chi connectivity index (χ0n) is 16.0. The molecule has 1 aliphatic heterocycles. The molecule has 7 heteroatoms. The SMILES string of the molecule is CCOc1cc2c(cc1/C=C/C(=O)OCC(=O)c1ccc(F)c(F)c1)O[C@H](C)C2. The first kappa shape index (κ1) is 20.5. The normalized spacial score (nSPS) is 15.1. The lowest BCUT2D eigenvalue weighted by Gasteiger charge is -2.10. The van der Waals surface area contributed by atoms with Crippen LogP contribution >= 0.6 is 0 Å². The van der Waals surface area contributed by atoms with Crippen LogP contribution in [0.2, 0.25) is 0 Å². The van der Waals surface area contributed by atoms with Crippen LogP contribution in [-0.2, 0) is 16.0 Å². The van der Waals surface area contributed by atoms with Gasteiger partial charge in [0, 0.05) is 29.2 Å². The van der Waals surface area contributed by atoms with Crippen molar-refractivity contribution in [3.8, 4) is 11.5 Å². The van der Waals surface area contributed by atoms with Crippen LogP contribution in [0.4, 0.5) is 8.78 Å². The summed E-state index contributed by atoms with van der Waals surface area (Å²) in [6.45, 7) is 3.70. The molecule has 0 amide bonds. The Hall–Kier alpha value is -3.22. The predicted octanol–water partition coefficient (Wildman–Crippen LogP) is 4.13. The summed E-state index contributed by atoms with van der Waals surface area (Å²) in [6, 6.07) is 6.42. The van der Waals surface area contributed by atoms with Crippen LogP contribution in [-0.4, -0.2) is 31.1 Å². The highest BCUT2D eigenvalue weighted by Crippen LogP contribution is 2.35. The van der Waals surface area contributed by atoms with Crippen molar-refractivity contribution in [2.24, 2.45) is 0 Å². The number of esters is 1. The molecule has 0 radical (unpaired) electrons. The summed E-state index contributed by atoms with van der Waals surface area (Å²) in [4.78, 5) is 23.9. The van der Waals surface area contributed by atoms with Gasteiger partial charge in [0.2, 0.25) is 0 Å². The maximum atomic E-state index is 13.2. The van der Waals surface area contributed by atoms with Gasteiger partial charge in [0.05, 0.1) is 6.61 Å². The van der Waals surface area contributed by atoms with E-state index in [-0.39, 0.29) is 11.7 Å². The second-order valence-electron chi connectivity index (χ2n) is 6.56. The van der Waals surface area contributed by atoms with Crippen molar-refractivity contribution in [1.29, 1.82) is 0 Å². The zero-order chi connectivity index (χ0) is 21.0. The Morgan fingerprint density at radius 3 is 2.72 bits per heavy atom. The van der Waals surface area contributed by atoms with Crippen molar-refractivity contribution in [3.63, 3.8) is 0 Å². The molecule has 1 heterocycles. The Kier molecular flexibility index (Phi) is 6.26. The van der Waals surface area contributed by atoms with Gasteiger partial charge in [-0.05, 0) is 50.3 Å². The Labute approximate surface area is 166 Å². The fraction of sp³-hybridized carbons (Fsp3) is 0.273. The Morgan fingerprint density at radius 1 is 1.21 bits per heavy atom. The summed E-state index contributed by atoms with van der Waals surface area (Å²) in [5.41, 5.74) is 1.60. The number of hydrogen-bond acceptors (Lipinski definition) is 5. The first-order valence-electron chi connectivity index (χ1n) is 9.16. The summed E-state index contributed by atoms with van der Waals surface area (Å²) in [7, 11) is 0. The molecule has 0 aliphatic carbocycles. The van der Waals surface area contributed by atoms with Crippen molar-refractivity contribution < 1.29 is 32.6 Å². The van der Waals surface area contributed by atoms with Gasteiger partial charge in [0.25, 0.3) is 0 Å². The molecular weight excluding hydrogens is 382 g/mol. The summed E-state index contributed by atoms with van der Waals surface area (Å²) in [5.74, 6) is -2.23. The minimum atomic E-state index is -1.14. The number of halogens is 2.